The van der Waals surface area contributed by atoms with E-state index in [1.165, 1.54) is 0 Å². The summed E-state index contributed by atoms with van der Waals surface area (Å²) in [4.78, 5) is 0. The number of hydrogen-bond donors (Lipinski definition) is 2. The van der Waals surface area contributed by atoms with Crippen molar-refractivity contribution >= 4 is 5.71 Å². The minimum atomic E-state index is 0.728. The van der Waals surface area contributed by atoms with E-state index < -0.39 is 0 Å². The minimum absolute atomic E-state index is 0.728. The molecule has 1 aliphatic rings. The molecular weight excluding hydrogens is 88.1 g/mol. The van der Waals surface area contributed by atoms with Gasteiger partial charge in [-0.15, -0.1) is 0 Å². The molecule has 0 fully saturated rings. The van der Waals surface area contributed by atoms with Crippen LogP contribution >= 0.6 is 0 Å². The van der Waals surface area contributed by atoms with Crippen LogP contribution in [0.15, 0.2) is 12.2 Å². The van der Waals surface area contributed by atoms with Crippen LogP contribution in [0.25, 0.3) is 0 Å². The van der Waals surface area contributed by atoms with Gasteiger partial charge in [0.15, 0.2) is 0 Å². The number of quaternary nitrogens is 1. The summed E-state index contributed by atoms with van der Waals surface area (Å²) in [7, 11) is 0. The average Bonchev–Trinajstić information content (AvgIpc) is 1.69. The van der Waals surface area contributed by atoms with Crippen molar-refractivity contribution in [3.8, 4) is 0 Å². The highest BCUT2D eigenvalue weighted by atomic mass is 14.9. The number of nitrogens with one attached hydrogen (secondary N) is 1. The molecular formula is C5H9N2+. The third kappa shape index (κ3) is 1.12. The first-order chi connectivity index (χ1) is 3.39. The average molecular weight is 97.1 g/mol. The van der Waals surface area contributed by atoms with Gasteiger partial charge in [0.05, 0.1) is 12.3 Å². The molecule has 0 saturated heterocycles. The van der Waals surface area contributed by atoms with E-state index >= 15 is 0 Å². The second-order valence-corrected chi connectivity index (χ2v) is 1.66. The van der Waals surface area contributed by atoms with Crippen LogP contribution in [0.4, 0.5) is 0 Å². The van der Waals surface area contributed by atoms with E-state index in [9.17, 15) is 0 Å². The van der Waals surface area contributed by atoms with Gasteiger partial charge in [0, 0.05) is 0 Å². The molecule has 1 heterocycles. The van der Waals surface area contributed by atoms with Crippen molar-refractivity contribution in [1.29, 1.82) is 5.41 Å². The van der Waals surface area contributed by atoms with Gasteiger partial charge in [-0.05, 0) is 12.2 Å². The lowest BCUT2D eigenvalue weighted by atomic mass is 10.3. The molecule has 0 aromatic heterocycles. The normalized spacial score (nSPS) is 20.3. The van der Waals surface area contributed by atoms with Crippen molar-refractivity contribution in [3.05, 3.63) is 12.2 Å². The smallest absolute Gasteiger partial charge is 0.118 e. The molecule has 0 aromatic carbocycles. The Morgan fingerprint density at radius 2 is 2.57 bits per heavy atom. The summed E-state index contributed by atoms with van der Waals surface area (Å²) in [5.74, 6) is 0. The SMILES string of the molecule is N=C1C=CC[NH2+]C1. The highest BCUT2D eigenvalue weighted by molar-refractivity contribution is 5.93. The summed E-state index contributed by atoms with van der Waals surface area (Å²) in [6.45, 7) is 1.90. The molecule has 1 aliphatic heterocycles. The molecule has 0 amide bonds. The van der Waals surface area contributed by atoms with Crippen molar-refractivity contribution in [2.75, 3.05) is 13.1 Å². The standard InChI is InChI=1S/C5H8N2/c6-5-2-1-3-7-4-5/h1-2,6-7H,3-4H2/p+1. The predicted octanol–water partition coefficient (Wildman–Crippen LogP) is -0.861. The number of rotatable bonds is 0. The molecule has 38 valence electrons. The zero-order chi connectivity index (χ0) is 5.11. The molecule has 0 spiro atoms. The Morgan fingerprint density at radius 1 is 1.71 bits per heavy atom. The van der Waals surface area contributed by atoms with Gasteiger partial charge in [0.25, 0.3) is 0 Å². The second-order valence-electron chi connectivity index (χ2n) is 1.66. The maximum absolute atomic E-state index is 7.07. The van der Waals surface area contributed by atoms with E-state index in [2.05, 4.69) is 5.32 Å². The molecule has 3 N–H and O–H groups in total. The molecule has 7 heavy (non-hydrogen) atoms. The first kappa shape index (κ1) is 4.53. The monoisotopic (exact) mass is 97.1 g/mol. The highest BCUT2D eigenvalue weighted by Crippen LogP contribution is 1.74. The third-order valence-electron chi connectivity index (χ3n) is 0.986. The van der Waals surface area contributed by atoms with Crippen molar-refractivity contribution in [2.24, 2.45) is 0 Å². The van der Waals surface area contributed by atoms with Crippen LogP contribution < -0.4 is 5.32 Å². The predicted molar refractivity (Wildman–Crippen MR) is 28.5 cm³/mol. The van der Waals surface area contributed by atoms with Crippen LogP contribution in [-0.4, -0.2) is 18.8 Å². The molecule has 0 bridgehead atoms. The lowest BCUT2D eigenvalue weighted by molar-refractivity contribution is -0.633. The quantitative estimate of drug-likeness (QED) is 0.395. The molecule has 0 unspecified atom stereocenters. The maximum atomic E-state index is 7.07. The summed E-state index contributed by atoms with van der Waals surface area (Å²) in [5, 5.41) is 9.17. The summed E-state index contributed by atoms with van der Waals surface area (Å²) in [5.41, 5.74) is 0.728. The van der Waals surface area contributed by atoms with Crippen molar-refractivity contribution in [1.82, 2.24) is 0 Å². The van der Waals surface area contributed by atoms with Gasteiger partial charge in [-0.2, -0.15) is 0 Å². The lowest BCUT2D eigenvalue weighted by Gasteiger charge is -2.00. The van der Waals surface area contributed by atoms with Crippen molar-refractivity contribution < 1.29 is 5.32 Å². The van der Waals surface area contributed by atoms with Crippen molar-refractivity contribution in [2.45, 2.75) is 0 Å². The lowest BCUT2D eigenvalue weighted by Crippen LogP contribution is -2.86. The molecule has 2 heteroatoms. The summed E-state index contributed by atoms with van der Waals surface area (Å²) >= 11 is 0. The van der Waals surface area contributed by atoms with Crippen LogP contribution in [0.3, 0.4) is 0 Å². The van der Waals surface area contributed by atoms with Gasteiger partial charge >= 0.3 is 0 Å². The first-order valence-electron chi connectivity index (χ1n) is 2.45. The summed E-state index contributed by atoms with van der Waals surface area (Å²) in [6.07, 6.45) is 3.87. The molecule has 0 radical (unpaired) electrons. The minimum Gasteiger partial charge on any atom is -0.338 e. The molecule has 0 saturated carbocycles. The maximum Gasteiger partial charge on any atom is 0.118 e. The van der Waals surface area contributed by atoms with E-state index in [1.54, 1.807) is 0 Å². The van der Waals surface area contributed by atoms with E-state index in [1.807, 2.05) is 12.2 Å². The Labute approximate surface area is 42.7 Å². The number of nitrogens with two attached hydrogens (primary N) is 1. The fourth-order valence-electron chi connectivity index (χ4n) is 0.613. The van der Waals surface area contributed by atoms with Gasteiger partial charge in [-0.1, -0.05) is 0 Å². The molecule has 0 atom stereocenters. The molecule has 0 aliphatic carbocycles. The van der Waals surface area contributed by atoms with E-state index in [0.29, 0.717) is 0 Å². The van der Waals surface area contributed by atoms with Crippen LogP contribution in [0.2, 0.25) is 0 Å². The number of hydrogen-bond acceptors (Lipinski definition) is 1. The van der Waals surface area contributed by atoms with Gasteiger partial charge in [0.2, 0.25) is 0 Å². The van der Waals surface area contributed by atoms with Gasteiger partial charge < -0.3 is 5.32 Å². The zero-order valence-corrected chi connectivity index (χ0v) is 4.15. The highest BCUT2D eigenvalue weighted by Gasteiger charge is 1.96. The Morgan fingerprint density at radius 3 is 2.86 bits per heavy atom. The Balaban J connectivity index is 2.51. The van der Waals surface area contributed by atoms with Crippen LogP contribution in [0.1, 0.15) is 0 Å². The zero-order valence-electron chi connectivity index (χ0n) is 4.15. The van der Waals surface area contributed by atoms with E-state index in [0.717, 1.165) is 18.8 Å². The Kier molecular flexibility index (Phi) is 1.22. The summed E-state index contributed by atoms with van der Waals surface area (Å²) < 4.78 is 0. The van der Waals surface area contributed by atoms with Crippen LogP contribution in [0, 0.1) is 5.41 Å². The van der Waals surface area contributed by atoms with E-state index in [4.69, 9.17) is 5.41 Å². The Hall–Kier alpha value is -0.630. The fraction of sp³-hybridized carbons (Fsp3) is 0.400. The fourth-order valence-corrected chi connectivity index (χ4v) is 0.613. The van der Waals surface area contributed by atoms with Gasteiger partial charge in [0.1, 0.15) is 6.54 Å². The second kappa shape index (κ2) is 1.89. The molecule has 0 aromatic rings. The van der Waals surface area contributed by atoms with Gasteiger partial charge in [-0.25, -0.2) is 0 Å². The first-order valence-corrected chi connectivity index (χ1v) is 2.45. The molecule has 1 rings (SSSR count). The van der Waals surface area contributed by atoms with Gasteiger partial charge in [-0.3, -0.25) is 5.41 Å². The van der Waals surface area contributed by atoms with Crippen molar-refractivity contribution in [3.63, 3.8) is 0 Å². The Bertz CT molecular complexity index is 105. The van der Waals surface area contributed by atoms with Crippen LogP contribution in [-0.2, 0) is 0 Å². The summed E-state index contributed by atoms with van der Waals surface area (Å²) in [6, 6.07) is 0. The largest absolute Gasteiger partial charge is 0.338 e. The third-order valence-corrected chi connectivity index (χ3v) is 0.986. The topological polar surface area (TPSA) is 40.5 Å². The van der Waals surface area contributed by atoms with E-state index in [-0.39, 0.29) is 0 Å². The van der Waals surface area contributed by atoms with Crippen LogP contribution in [0.5, 0.6) is 0 Å². The molecule has 2 nitrogen and oxygen atoms in total.